The lowest BCUT2D eigenvalue weighted by Crippen LogP contribution is -2.58. The van der Waals surface area contributed by atoms with E-state index in [9.17, 15) is 10.1 Å². The molecule has 0 spiro atoms. The number of benzene rings is 2. The van der Waals surface area contributed by atoms with Crippen LogP contribution < -0.4 is 4.90 Å². The maximum absolute atomic E-state index is 13.7. The van der Waals surface area contributed by atoms with Crippen LogP contribution in [0, 0.1) is 16.7 Å². The van der Waals surface area contributed by atoms with Crippen molar-refractivity contribution in [1.29, 1.82) is 5.26 Å². The Morgan fingerprint density at radius 1 is 1.17 bits per heavy atom. The SMILES string of the molecule is N#CC1(C(=O)c2ccc(Cl)cc2)Cc2cc3ccccc3nc2N2CCCCC21. The third kappa shape index (κ3) is 2.81. The van der Waals surface area contributed by atoms with Gasteiger partial charge in [-0.15, -0.1) is 0 Å². The molecule has 3 heterocycles. The molecule has 4 nitrogen and oxygen atoms in total. The minimum Gasteiger partial charge on any atom is -0.351 e. The molecule has 0 aliphatic carbocycles. The summed E-state index contributed by atoms with van der Waals surface area (Å²) in [6.07, 6.45) is 3.27. The maximum Gasteiger partial charge on any atom is 0.185 e. The second-order valence-corrected chi connectivity index (χ2v) is 8.40. The molecule has 1 aromatic heterocycles. The Kier molecular flexibility index (Phi) is 4.29. The second-order valence-electron chi connectivity index (χ2n) is 7.96. The van der Waals surface area contributed by atoms with Crippen LogP contribution in [0.4, 0.5) is 5.82 Å². The van der Waals surface area contributed by atoms with E-state index < -0.39 is 5.41 Å². The zero-order chi connectivity index (χ0) is 20.0. The Balaban J connectivity index is 1.68. The highest BCUT2D eigenvalue weighted by Gasteiger charge is 2.53. The van der Waals surface area contributed by atoms with Crippen molar-refractivity contribution in [1.82, 2.24) is 4.98 Å². The lowest BCUT2D eigenvalue weighted by atomic mass is 9.66. The van der Waals surface area contributed by atoms with Gasteiger partial charge >= 0.3 is 0 Å². The number of rotatable bonds is 2. The molecule has 0 bridgehead atoms. The highest BCUT2D eigenvalue weighted by Crippen LogP contribution is 2.46. The average molecular weight is 402 g/mol. The summed E-state index contributed by atoms with van der Waals surface area (Å²) in [6, 6.07) is 19.3. The van der Waals surface area contributed by atoms with Crippen LogP contribution >= 0.6 is 11.6 Å². The molecular weight excluding hydrogens is 382 g/mol. The fourth-order valence-electron chi connectivity index (χ4n) is 4.90. The summed E-state index contributed by atoms with van der Waals surface area (Å²) < 4.78 is 0. The number of piperidine rings is 1. The van der Waals surface area contributed by atoms with Crippen molar-refractivity contribution >= 4 is 34.1 Å². The van der Waals surface area contributed by atoms with E-state index in [0.29, 0.717) is 17.0 Å². The van der Waals surface area contributed by atoms with Crippen LogP contribution in [0.3, 0.4) is 0 Å². The monoisotopic (exact) mass is 401 g/mol. The molecule has 144 valence electrons. The number of carbonyl (C=O) groups excluding carboxylic acids is 1. The van der Waals surface area contributed by atoms with Crippen LogP contribution in [0.1, 0.15) is 35.2 Å². The molecule has 3 aromatic rings. The molecule has 2 atom stereocenters. The summed E-state index contributed by atoms with van der Waals surface area (Å²) in [5.41, 5.74) is 1.35. The maximum atomic E-state index is 13.7. The van der Waals surface area contributed by atoms with Gasteiger partial charge < -0.3 is 4.90 Å². The Bertz CT molecular complexity index is 1150. The van der Waals surface area contributed by atoms with Crippen LogP contribution in [0.5, 0.6) is 0 Å². The smallest absolute Gasteiger partial charge is 0.185 e. The number of hydrogen-bond acceptors (Lipinski definition) is 4. The van der Waals surface area contributed by atoms with Gasteiger partial charge in [0.2, 0.25) is 0 Å². The Labute approximate surface area is 174 Å². The van der Waals surface area contributed by atoms with Crippen molar-refractivity contribution in [3.05, 3.63) is 70.7 Å². The number of hydrogen-bond donors (Lipinski definition) is 0. The summed E-state index contributed by atoms with van der Waals surface area (Å²) in [6.45, 7) is 0.820. The Morgan fingerprint density at radius 2 is 1.97 bits per heavy atom. The minimum absolute atomic E-state index is 0.118. The summed E-state index contributed by atoms with van der Waals surface area (Å²) in [5, 5.41) is 12.0. The van der Waals surface area contributed by atoms with Crippen molar-refractivity contribution in [3.63, 3.8) is 0 Å². The van der Waals surface area contributed by atoms with Crippen LogP contribution in [-0.2, 0) is 6.42 Å². The van der Waals surface area contributed by atoms with Crippen molar-refractivity contribution in [3.8, 4) is 6.07 Å². The van der Waals surface area contributed by atoms with Gasteiger partial charge in [0.1, 0.15) is 11.2 Å². The zero-order valence-corrected chi connectivity index (χ0v) is 16.7. The summed E-state index contributed by atoms with van der Waals surface area (Å²) in [5.74, 6) is 0.815. The van der Waals surface area contributed by atoms with E-state index >= 15 is 0 Å². The van der Waals surface area contributed by atoms with Crippen molar-refractivity contribution < 1.29 is 4.79 Å². The fourth-order valence-corrected chi connectivity index (χ4v) is 5.03. The number of pyridine rings is 1. The number of aromatic nitrogens is 1. The van der Waals surface area contributed by atoms with Crippen LogP contribution in [0.15, 0.2) is 54.6 Å². The van der Waals surface area contributed by atoms with E-state index in [-0.39, 0.29) is 11.8 Å². The number of nitriles is 1. The number of para-hydroxylation sites is 1. The third-order valence-corrected chi connectivity index (χ3v) is 6.56. The van der Waals surface area contributed by atoms with Gasteiger partial charge in [-0.2, -0.15) is 5.26 Å². The van der Waals surface area contributed by atoms with Crippen LogP contribution in [0.2, 0.25) is 5.02 Å². The first-order valence-electron chi connectivity index (χ1n) is 9.99. The van der Waals surface area contributed by atoms with Gasteiger partial charge in [-0.25, -0.2) is 4.98 Å². The lowest BCUT2D eigenvalue weighted by molar-refractivity contribution is 0.0799. The summed E-state index contributed by atoms with van der Waals surface area (Å²) in [7, 11) is 0. The average Bonchev–Trinajstić information content (AvgIpc) is 2.77. The van der Waals surface area contributed by atoms with Crippen LogP contribution in [-0.4, -0.2) is 23.4 Å². The number of fused-ring (bicyclic) bond motifs is 4. The number of anilines is 1. The second kappa shape index (κ2) is 6.86. The lowest BCUT2D eigenvalue weighted by Gasteiger charge is -2.49. The molecule has 2 aromatic carbocycles. The highest BCUT2D eigenvalue weighted by molar-refractivity contribution is 6.30. The van der Waals surface area contributed by atoms with E-state index in [2.05, 4.69) is 17.0 Å². The highest BCUT2D eigenvalue weighted by atomic mass is 35.5. The quantitative estimate of drug-likeness (QED) is 0.554. The van der Waals surface area contributed by atoms with Gasteiger partial charge in [-0.1, -0.05) is 29.8 Å². The van der Waals surface area contributed by atoms with Gasteiger partial charge in [0.05, 0.1) is 17.6 Å². The molecule has 0 radical (unpaired) electrons. The van der Waals surface area contributed by atoms with Crippen LogP contribution in [0.25, 0.3) is 10.9 Å². The Hall–Kier alpha value is -2.90. The van der Waals surface area contributed by atoms with Gasteiger partial charge in [-0.3, -0.25) is 4.79 Å². The number of halogens is 1. The zero-order valence-electron chi connectivity index (χ0n) is 15.9. The summed E-state index contributed by atoms with van der Waals surface area (Å²) >= 11 is 6.01. The minimum atomic E-state index is -1.12. The van der Waals surface area contributed by atoms with Crippen molar-refractivity contribution in [2.24, 2.45) is 5.41 Å². The van der Waals surface area contributed by atoms with E-state index in [0.717, 1.165) is 48.1 Å². The molecule has 29 heavy (non-hydrogen) atoms. The van der Waals surface area contributed by atoms with Gasteiger partial charge in [0.15, 0.2) is 5.78 Å². The van der Waals surface area contributed by atoms with Gasteiger partial charge in [0, 0.05) is 28.9 Å². The number of nitrogens with zero attached hydrogens (tertiary/aromatic N) is 3. The van der Waals surface area contributed by atoms with E-state index in [1.807, 2.05) is 24.3 Å². The topological polar surface area (TPSA) is 57.0 Å². The predicted molar refractivity (Wildman–Crippen MR) is 114 cm³/mol. The first-order chi connectivity index (χ1) is 14.1. The van der Waals surface area contributed by atoms with E-state index in [1.165, 1.54) is 0 Å². The van der Waals surface area contributed by atoms with Gasteiger partial charge in [-0.05, 0) is 61.2 Å². The molecule has 0 amide bonds. The molecule has 2 aliphatic heterocycles. The predicted octanol–water partition coefficient (Wildman–Crippen LogP) is 5.20. The van der Waals surface area contributed by atoms with Crippen molar-refractivity contribution in [2.45, 2.75) is 31.7 Å². The third-order valence-electron chi connectivity index (χ3n) is 6.30. The molecule has 1 saturated heterocycles. The molecule has 2 aliphatic rings. The van der Waals surface area contributed by atoms with Gasteiger partial charge in [0.25, 0.3) is 0 Å². The van der Waals surface area contributed by atoms with Crippen molar-refractivity contribution in [2.75, 3.05) is 11.4 Å². The van der Waals surface area contributed by atoms with E-state index in [1.54, 1.807) is 24.3 Å². The summed E-state index contributed by atoms with van der Waals surface area (Å²) in [4.78, 5) is 20.8. The largest absolute Gasteiger partial charge is 0.351 e. The first-order valence-corrected chi connectivity index (χ1v) is 10.4. The standard InChI is InChI=1S/C24H20ClN3O/c25-19-10-8-16(9-11-19)22(29)24(15-26)14-18-13-17-5-1-2-6-20(17)27-23(18)28-12-4-3-7-21(24)28/h1-2,5-6,8-11,13,21H,3-4,7,12,14H2. The molecule has 1 fully saturated rings. The molecular formula is C24H20ClN3O. The molecule has 5 rings (SSSR count). The normalized spacial score (nSPS) is 23.2. The van der Waals surface area contributed by atoms with E-state index in [4.69, 9.17) is 16.6 Å². The molecule has 0 saturated carbocycles. The first kappa shape index (κ1) is 18.1. The Morgan fingerprint density at radius 3 is 2.76 bits per heavy atom. The molecule has 0 N–H and O–H groups in total. The number of Topliss-reactive ketones (excluding diaryl/α,β-unsaturated/α-hetero) is 1. The number of ketones is 1. The number of carbonyl (C=O) groups is 1. The molecule has 2 unspecified atom stereocenters. The fraction of sp³-hybridized carbons (Fsp3) is 0.292. The molecule has 5 heteroatoms.